The summed E-state index contributed by atoms with van der Waals surface area (Å²) in [6.07, 6.45) is 4.81. The van der Waals surface area contributed by atoms with E-state index in [0.717, 1.165) is 43.4 Å². The van der Waals surface area contributed by atoms with Crippen molar-refractivity contribution >= 4 is 29.4 Å². The topological polar surface area (TPSA) is 112 Å². The van der Waals surface area contributed by atoms with Gasteiger partial charge < -0.3 is 19.6 Å². The van der Waals surface area contributed by atoms with Crippen LogP contribution in [-0.4, -0.2) is 64.4 Å². The molecule has 2 N–H and O–H groups in total. The highest BCUT2D eigenvalue weighted by atomic mass is 16.5. The summed E-state index contributed by atoms with van der Waals surface area (Å²) in [6.45, 7) is 0.296. The highest BCUT2D eigenvalue weighted by molar-refractivity contribution is 6.05. The van der Waals surface area contributed by atoms with Gasteiger partial charge in [0.15, 0.2) is 6.61 Å². The molecule has 154 valence electrons. The lowest BCUT2D eigenvalue weighted by Crippen LogP contribution is -2.46. The van der Waals surface area contributed by atoms with Gasteiger partial charge in [0.25, 0.3) is 5.91 Å². The molecule has 2 aliphatic heterocycles. The molecule has 1 aromatic carbocycles. The van der Waals surface area contributed by atoms with E-state index in [0.29, 0.717) is 18.3 Å². The normalized spacial score (nSPS) is 18.4. The Labute approximate surface area is 168 Å². The molecule has 0 radical (unpaired) electrons. The van der Waals surface area contributed by atoms with Crippen LogP contribution >= 0.6 is 0 Å². The molecule has 1 aromatic rings. The summed E-state index contributed by atoms with van der Waals surface area (Å²) < 4.78 is 5.69. The molecule has 3 aliphatic rings. The number of rotatable bonds is 6. The Balaban J connectivity index is 1.41. The molecule has 2 heterocycles. The number of carboxylic acids is 1. The lowest BCUT2D eigenvalue weighted by atomic mass is 9.94. The first-order valence-corrected chi connectivity index (χ1v) is 9.90. The zero-order chi connectivity index (χ0) is 20.4. The van der Waals surface area contributed by atoms with Crippen molar-refractivity contribution in [2.24, 2.45) is 4.99 Å². The maximum atomic E-state index is 12.7. The van der Waals surface area contributed by atoms with Crippen molar-refractivity contribution < 1.29 is 24.2 Å². The van der Waals surface area contributed by atoms with Gasteiger partial charge in [0.2, 0.25) is 11.9 Å². The zero-order valence-corrected chi connectivity index (χ0v) is 16.1. The van der Waals surface area contributed by atoms with Gasteiger partial charge in [0.05, 0.1) is 5.69 Å². The lowest BCUT2D eigenvalue weighted by Gasteiger charge is -2.33. The van der Waals surface area contributed by atoms with Crippen LogP contribution in [0.4, 0.5) is 5.69 Å². The fraction of sp³-hybridized carbons (Fsp3) is 0.500. The minimum Gasteiger partial charge on any atom is -0.484 e. The number of aliphatic carboxylic acids is 1. The molecule has 0 unspecified atom stereocenters. The maximum Gasteiger partial charge on any atom is 0.323 e. The van der Waals surface area contributed by atoms with Crippen molar-refractivity contribution in [1.82, 2.24) is 15.1 Å². The first-order valence-electron chi connectivity index (χ1n) is 9.90. The number of guanidine groups is 1. The number of carbonyl (C=O) groups excluding carboxylic acids is 2. The number of carboxylic acid groups (broad SMARTS) is 1. The van der Waals surface area contributed by atoms with Crippen molar-refractivity contribution in [3.8, 4) is 5.75 Å². The molecule has 0 bridgehead atoms. The van der Waals surface area contributed by atoms with Gasteiger partial charge in [-0.2, -0.15) is 0 Å². The van der Waals surface area contributed by atoms with Crippen LogP contribution in [0.1, 0.15) is 37.7 Å². The average Bonchev–Trinajstić information content (AvgIpc) is 3.07. The fourth-order valence-corrected chi connectivity index (χ4v) is 4.12. The highest BCUT2D eigenvalue weighted by Crippen LogP contribution is 2.30. The van der Waals surface area contributed by atoms with Crippen LogP contribution < -0.4 is 10.1 Å². The zero-order valence-electron chi connectivity index (χ0n) is 16.1. The Morgan fingerprint density at radius 2 is 2.03 bits per heavy atom. The summed E-state index contributed by atoms with van der Waals surface area (Å²) in [5, 5.41) is 11.9. The van der Waals surface area contributed by atoms with Gasteiger partial charge in [-0.25, -0.2) is 4.99 Å². The van der Waals surface area contributed by atoms with Crippen LogP contribution in [0, 0.1) is 0 Å². The van der Waals surface area contributed by atoms with Gasteiger partial charge in [-0.3, -0.25) is 19.7 Å². The molecule has 4 rings (SSSR count). The van der Waals surface area contributed by atoms with Crippen LogP contribution in [0.15, 0.2) is 23.2 Å². The molecule has 0 atom stereocenters. The van der Waals surface area contributed by atoms with Crippen LogP contribution in [0.2, 0.25) is 0 Å². The first-order chi connectivity index (χ1) is 14.0. The van der Waals surface area contributed by atoms with E-state index >= 15 is 0 Å². The molecule has 1 saturated carbocycles. The summed E-state index contributed by atoms with van der Waals surface area (Å²) in [4.78, 5) is 43.2. The highest BCUT2D eigenvalue weighted by Gasteiger charge is 2.30. The van der Waals surface area contributed by atoms with Gasteiger partial charge in [-0.05, 0) is 31.0 Å². The summed E-state index contributed by atoms with van der Waals surface area (Å²) in [5.41, 5.74) is 1.66. The Morgan fingerprint density at radius 1 is 1.24 bits per heavy atom. The van der Waals surface area contributed by atoms with Gasteiger partial charge in [-0.15, -0.1) is 0 Å². The van der Waals surface area contributed by atoms with E-state index in [1.807, 2.05) is 11.0 Å². The van der Waals surface area contributed by atoms with Crippen LogP contribution in [-0.2, 0) is 20.9 Å². The SMILES string of the molecule is O=C(O)CN(C(=O)COc1ccc2c(c1)CN1CC(=O)NC1=N2)C1CCCCC1. The standard InChI is InChI=1S/C20H24N4O5/c25-17-10-23-9-13-8-15(6-7-16(13)21-20(23)22-17)29-12-18(26)24(11-19(27)28)14-4-2-1-3-5-14/h6-8,14H,1-5,9-12H2,(H,27,28)(H,21,22,25). The predicted octanol–water partition coefficient (Wildman–Crippen LogP) is 1.24. The van der Waals surface area contributed by atoms with Crippen molar-refractivity contribution in [2.45, 2.75) is 44.7 Å². The van der Waals surface area contributed by atoms with E-state index in [1.165, 1.54) is 4.90 Å². The molecule has 0 spiro atoms. The van der Waals surface area contributed by atoms with Gasteiger partial charge in [0, 0.05) is 18.2 Å². The smallest absolute Gasteiger partial charge is 0.323 e. The molecule has 29 heavy (non-hydrogen) atoms. The lowest BCUT2D eigenvalue weighted by molar-refractivity contribution is -0.147. The second-order valence-corrected chi connectivity index (χ2v) is 7.63. The van der Waals surface area contributed by atoms with Crippen molar-refractivity contribution in [3.63, 3.8) is 0 Å². The minimum atomic E-state index is -1.01. The Kier molecular flexibility index (Phi) is 5.37. The molecule has 9 heteroatoms. The molecular formula is C20H24N4O5. The van der Waals surface area contributed by atoms with Crippen LogP contribution in [0.5, 0.6) is 5.75 Å². The third-order valence-electron chi connectivity index (χ3n) is 5.53. The number of amides is 2. The Morgan fingerprint density at radius 3 is 2.79 bits per heavy atom. The third kappa shape index (κ3) is 4.33. The monoisotopic (exact) mass is 400 g/mol. The number of hydrogen-bond donors (Lipinski definition) is 2. The predicted molar refractivity (Wildman–Crippen MR) is 104 cm³/mol. The van der Waals surface area contributed by atoms with E-state index in [2.05, 4.69) is 10.3 Å². The van der Waals surface area contributed by atoms with Crippen molar-refractivity contribution in [2.75, 3.05) is 19.7 Å². The van der Waals surface area contributed by atoms with E-state index in [4.69, 9.17) is 4.74 Å². The number of nitrogens with one attached hydrogen (secondary N) is 1. The number of ether oxygens (including phenoxy) is 1. The Bertz CT molecular complexity index is 862. The largest absolute Gasteiger partial charge is 0.484 e. The number of carbonyl (C=O) groups is 3. The van der Waals surface area contributed by atoms with E-state index in [1.54, 1.807) is 12.1 Å². The number of hydrogen-bond acceptors (Lipinski definition) is 6. The summed E-state index contributed by atoms with van der Waals surface area (Å²) in [6, 6.07) is 5.30. The molecule has 1 saturated heterocycles. The van der Waals surface area contributed by atoms with Crippen molar-refractivity contribution in [3.05, 3.63) is 23.8 Å². The molecule has 2 amide bonds. The van der Waals surface area contributed by atoms with E-state index in [-0.39, 0.29) is 37.6 Å². The average molecular weight is 400 g/mol. The first kappa shape index (κ1) is 19.2. The summed E-state index contributed by atoms with van der Waals surface area (Å²) >= 11 is 0. The fourth-order valence-electron chi connectivity index (χ4n) is 4.12. The summed E-state index contributed by atoms with van der Waals surface area (Å²) in [7, 11) is 0. The summed E-state index contributed by atoms with van der Waals surface area (Å²) in [5.74, 6) is -0.331. The third-order valence-corrected chi connectivity index (χ3v) is 5.53. The molecule has 0 aromatic heterocycles. The molecule has 2 fully saturated rings. The Hall–Kier alpha value is -3.10. The molecule has 1 aliphatic carbocycles. The second kappa shape index (κ2) is 8.10. The second-order valence-electron chi connectivity index (χ2n) is 7.63. The quantitative estimate of drug-likeness (QED) is 0.743. The van der Waals surface area contributed by atoms with Gasteiger partial charge in [0.1, 0.15) is 18.8 Å². The number of aliphatic imine (C=N–C) groups is 1. The number of nitrogens with zero attached hydrogens (tertiary/aromatic N) is 3. The number of benzene rings is 1. The number of fused-ring (bicyclic) bond motifs is 2. The maximum absolute atomic E-state index is 12.7. The van der Waals surface area contributed by atoms with Crippen LogP contribution in [0.3, 0.4) is 0 Å². The van der Waals surface area contributed by atoms with Gasteiger partial charge >= 0.3 is 5.97 Å². The van der Waals surface area contributed by atoms with E-state index < -0.39 is 5.97 Å². The van der Waals surface area contributed by atoms with E-state index in [9.17, 15) is 19.5 Å². The molecular weight excluding hydrogens is 376 g/mol. The van der Waals surface area contributed by atoms with Crippen LogP contribution in [0.25, 0.3) is 0 Å². The van der Waals surface area contributed by atoms with Gasteiger partial charge in [-0.1, -0.05) is 19.3 Å². The minimum absolute atomic E-state index is 0.0348. The van der Waals surface area contributed by atoms with Crippen molar-refractivity contribution in [1.29, 1.82) is 0 Å². The molecule has 9 nitrogen and oxygen atoms in total.